The van der Waals surface area contributed by atoms with Gasteiger partial charge in [0.05, 0.1) is 10.9 Å². The van der Waals surface area contributed by atoms with Crippen molar-refractivity contribution in [2.75, 3.05) is 18.6 Å². The summed E-state index contributed by atoms with van der Waals surface area (Å²) in [6.45, 7) is 1.60. The summed E-state index contributed by atoms with van der Waals surface area (Å²) in [6.07, 6.45) is 0. The summed E-state index contributed by atoms with van der Waals surface area (Å²) in [4.78, 5) is 26.7. The Morgan fingerprint density at radius 2 is 2.31 bits per heavy atom. The van der Waals surface area contributed by atoms with Crippen molar-refractivity contribution in [1.82, 2.24) is 35.6 Å². The molecule has 1 saturated heterocycles. The van der Waals surface area contributed by atoms with Gasteiger partial charge in [0, 0.05) is 25.7 Å². The van der Waals surface area contributed by atoms with Gasteiger partial charge in [0.15, 0.2) is 11.3 Å². The number of amides is 1. The summed E-state index contributed by atoms with van der Waals surface area (Å²) in [5, 5.41) is 46.0. The Balaban J connectivity index is 1.56. The highest BCUT2D eigenvalue weighted by Crippen LogP contribution is 2.47. The van der Waals surface area contributed by atoms with Crippen molar-refractivity contribution in [3.05, 3.63) is 22.6 Å². The Labute approximate surface area is 211 Å². The molecular weight excluding hydrogens is 520 g/mol. The molecule has 0 saturated carbocycles. The summed E-state index contributed by atoms with van der Waals surface area (Å²) in [6, 6.07) is 1.80. The zero-order valence-electron chi connectivity index (χ0n) is 18.5. The third-order valence-electron chi connectivity index (χ3n) is 5.50. The summed E-state index contributed by atoms with van der Waals surface area (Å²) >= 11 is 8.01. The van der Waals surface area contributed by atoms with Crippen LogP contribution in [0.3, 0.4) is 0 Å². The van der Waals surface area contributed by atoms with E-state index in [0.29, 0.717) is 16.5 Å². The monoisotopic (exact) mass is 538 g/mol. The molecular formula is C18H18N8O6S3. The lowest BCUT2D eigenvalue weighted by molar-refractivity contribution is -0.187. The second-order valence-electron chi connectivity index (χ2n) is 7.48. The van der Waals surface area contributed by atoms with Crippen LogP contribution < -0.4 is 5.32 Å². The zero-order chi connectivity index (χ0) is 25.5. The number of carbonyl (C=O) groups is 2. The quantitative estimate of drug-likeness (QED) is 0.178. The molecule has 2 aliphatic heterocycles. The van der Waals surface area contributed by atoms with Crippen molar-refractivity contribution < 1.29 is 29.1 Å². The molecule has 17 heteroatoms. The first-order valence-corrected chi connectivity index (χ1v) is 12.3. The van der Waals surface area contributed by atoms with Crippen LogP contribution in [0.5, 0.6) is 5.88 Å². The van der Waals surface area contributed by atoms with Gasteiger partial charge in [-0.1, -0.05) is 24.0 Å². The number of hydrogen-bond donors (Lipinski definition) is 3. The second-order valence-corrected chi connectivity index (χ2v) is 9.93. The number of thiocarbonyl (C=S) groups is 1. The number of aromatic nitrogens is 5. The summed E-state index contributed by atoms with van der Waals surface area (Å²) in [5.74, 6) is -2.56. The lowest BCUT2D eigenvalue weighted by atomic mass is 9.96. The van der Waals surface area contributed by atoms with Crippen molar-refractivity contribution in [3.8, 4) is 11.9 Å². The number of carbonyl (C=O) groups excluding carboxylic acids is 1. The van der Waals surface area contributed by atoms with Crippen LogP contribution >= 0.6 is 35.7 Å². The SMILES string of the molecule is CO[C@@]1(NC(=S)C(C)c2onc(O)c2C#N)C(=O)N2C(C(=O)O)=C(CSc3nnnn3C)CS[C@H]21. The van der Waals surface area contributed by atoms with E-state index in [2.05, 4.69) is 26.0 Å². The minimum Gasteiger partial charge on any atom is -0.490 e. The van der Waals surface area contributed by atoms with Gasteiger partial charge in [-0.05, 0) is 28.1 Å². The van der Waals surface area contributed by atoms with Crippen LogP contribution in [0.25, 0.3) is 0 Å². The number of nitrogens with zero attached hydrogens (tertiary/aromatic N) is 7. The number of aliphatic carboxylic acids is 1. The number of hydrogen-bond acceptors (Lipinski definition) is 13. The van der Waals surface area contributed by atoms with E-state index in [1.165, 1.54) is 40.2 Å². The Morgan fingerprint density at radius 3 is 2.91 bits per heavy atom. The van der Waals surface area contributed by atoms with Crippen molar-refractivity contribution in [3.63, 3.8) is 0 Å². The van der Waals surface area contributed by atoms with Gasteiger partial charge in [-0.15, -0.1) is 16.9 Å². The van der Waals surface area contributed by atoms with Crippen LogP contribution in [0.2, 0.25) is 0 Å². The van der Waals surface area contributed by atoms with Gasteiger partial charge in [-0.25, -0.2) is 9.48 Å². The van der Waals surface area contributed by atoms with Crippen LogP contribution in [0, 0.1) is 11.3 Å². The maximum absolute atomic E-state index is 13.3. The van der Waals surface area contributed by atoms with E-state index < -0.39 is 34.8 Å². The first-order chi connectivity index (χ1) is 16.7. The highest BCUT2D eigenvalue weighted by Gasteiger charge is 2.66. The van der Waals surface area contributed by atoms with Gasteiger partial charge in [0.25, 0.3) is 17.5 Å². The number of rotatable bonds is 8. The highest BCUT2D eigenvalue weighted by atomic mass is 32.2. The summed E-state index contributed by atoms with van der Waals surface area (Å²) in [7, 11) is 2.98. The zero-order valence-corrected chi connectivity index (χ0v) is 20.9. The molecule has 0 aromatic carbocycles. The van der Waals surface area contributed by atoms with E-state index in [-0.39, 0.29) is 27.8 Å². The average molecular weight is 539 g/mol. The Kier molecular flexibility index (Phi) is 6.73. The normalized spacial score (nSPS) is 22.3. The molecule has 14 nitrogen and oxygen atoms in total. The van der Waals surface area contributed by atoms with Gasteiger partial charge >= 0.3 is 5.97 Å². The van der Waals surface area contributed by atoms with Gasteiger partial charge < -0.3 is 24.8 Å². The number of β-lactam (4-membered cyclic amide) rings is 1. The number of thioether (sulfide) groups is 2. The lowest BCUT2D eigenvalue weighted by Gasteiger charge is -2.56. The number of methoxy groups -OCH3 is 1. The molecule has 0 spiro atoms. The maximum Gasteiger partial charge on any atom is 0.352 e. The molecule has 0 aliphatic carbocycles. The molecule has 4 heterocycles. The predicted octanol–water partition coefficient (Wildman–Crippen LogP) is 0.185. The van der Waals surface area contributed by atoms with Crippen molar-refractivity contribution in [2.24, 2.45) is 7.05 Å². The third-order valence-corrected chi connectivity index (χ3v) is 8.43. The molecule has 0 bridgehead atoms. The van der Waals surface area contributed by atoms with E-state index >= 15 is 0 Å². The first-order valence-electron chi connectivity index (χ1n) is 9.87. The number of carboxylic acid groups (broad SMARTS) is 1. The molecule has 3 atom stereocenters. The molecule has 35 heavy (non-hydrogen) atoms. The number of ether oxygens (including phenoxy) is 1. The Morgan fingerprint density at radius 1 is 1.57 bits per heavy atom. The maximum atomic E-state index is 13.3. The number of fused-ring (bicyclic) bond motifs is 1. The summed E-state index contributed by atoms with van der Waals surface area (Å²) in [5.41, 5.74) is -1.38. The minimum atomic E-state index is -1.63. The lowest BCUT2D eigenvalue weighted by Crippen LogP contribution is -2.80. The molecule has 1 fully saturated rings. The summed E-state index contributed by atoms with van der Waals surface area (Å²) < 4.78 is 12.1. The van der Waals surface area contributed by atoms with E-state index in [1.54, 1.807) is 20.0 Å². The van der Waals surface area contributed by atoms with Gasteiger partial charge in [0.2, 0.25) is 5.16 Å². The molecule has 2 aliphatic rings. The number of nitrogens with one attached hydrogen (secondary N) is 1. The smallest absolute Gasteiger partial charge is 0.352 e. The van der Waals surface area contributed by atoms with Crippen LogP contribution in [-0.4, -0.2) is 87.1 Å². The molecule has 2 aromatic heterocycles. The molecule has 1 amide bonds. The fourth-order valence-electron chi connectivity index (χ4n) is 3.65. The predicted molar refractivity (Wildman–Crippen MR) is 124 cm³/mol. The number of aromatic hydroxyl groups is 1. The molecule has 0 radical (unpaired) electrons. The molecule has 3 N–H and O–H groups in total. The third kappa shape index (κ3) is 4.01. The molecule has 1 unspecified atom stereocenters. The number of tetrazole rings is 1. The number of carboxylic acids is 1. The molecule has 184 valence electrons. The topological polar surface area (TPSA) is 193 Å². The van der Waals surface area contributed by atoms with Gasteiger partial charge in [0.1, 0.15) is 17.1 Å². The van der Waals surface area contributed by atoms with Crippen LogP contribution in [0.4, 0.5) is 0 Å². The van der Waals surface area contributed by atoms with Crippen LogP contribution in [-0.2, 0) is 21.4 Å². The first kappa shape index (κ1) is 24.9. The fraction of sp³-hybridized carbons (Fsp3) is 0.444. The fourth-order valence-corrected chi connectivity index (χ4v) is 6.34. The van der Waals surface area contributed by atoms with Crippen LogP contribution in [0.1, 0.15) is 24.2 Å². The van der Waals surface area contributed by atoms with Gasteiger partial charge in [-0.3, -0.25) is 9.69 Å². The van der Waals surface area contributed by atoms with E-state index in [4.69, 9.17) is 21.5 Å². The average Bonchev–Trinajstić information content (AvgIpc) is 3.43. The van der Waals surface area contributed by atoms with E-state index in [1.807, 2.05) is 0 Å². The van der Waals surface area contributed by atoms with Crippen molar-refractivity contribution in [1.29, 1.82) is 5.26 Å². The van der Waals surface area contributed by atoms with Crippen molar-refractivity contribution >= 4 is 52.6 Å². The Bertz CT molecular complexity index is 1290. The second kappa shape index (κ2) is 9.45. The molecule has 2 aromatic rings. The standard InChI is InChI=1S/C18H18N8O6S3/c1-7(11-9(4-19)12(27)22-32-11)13(33)20-18(31-3)15(30)26-10(14(28)29)8(5-34-16(18)26)6-35-17-21-23-24-25(17)2/h7,16H,5-6H2,1-3H3,(H,20,33)(H,22,27)(H,28,29)/t7?,16-,18-/m0/s1. The number of aryl methyl sites for hydroxylation is 1. The van der Waals surface area contributed by atoms with Crippen LogP contribution in [0.15, 0.2) is 20.9 Å². The van der Waals surface area contributed by atoms with Gasteiger partial charge in [-0.2, -0.15) is 5.26 Å². The minimum absolute atomic E-state index is 0.0253. The number of nitriles is 1. The highest BCUT2D eigenvalue weighted by molar-refractivity contribution is 8.01. The van der Waals surface area contributed by atoms with E-state index in [0.717, 1.165) is 0 Å². The van der Waals surface area contributed by atoms with Crippen molar-refractivity contribution in [2.45, 2.75) is 29.1 Å². The largest absolute Gasteiger partial charge is 0.490 e. The molecule has 4 rings (SSSR count). The van der Waals surface area contributed by atoms with E-state index in [9.17, 15) is 25.1 Å². The Hall–Kier alpha value is -3.20.